The smallest absolute Gasteiger partial charge is 0.313 e. The second kappa shape index (κ2) is 11.2. The van der Waals surface area contributed by atoms with Crippen LogP contribution < -0.4 is 0 Å². The molecule has 19 heavy (non-hydrogen) atoms. The van der Waals surface area contributed by atoms with Crippen molar-refractivity contribution in [1.82, 2.24) is 0 Å². The molecule has 5 nitrogen and oxygen atoms in total. The number of esters is 1. The van der Waals surface area contributed by atoms with Crippen LogP contribution >= 0.6 is 0 Å². The number of carbonyl (C=O) groups is 2. The van der Waals surface area contributed by atoms with Gasteiger partial charge in [-0.25, -0.2) is 0 Å². The van der Waals surface area contributed by atoms with Gasteiger partial charge in [-0.1, -0.05) is 12.7 Å². The van der Waals surface area contributed by atoms with Crippen molar-refractivity contribution in [3.63, 3.8) is 0 Å². The van der Waals surface area contributed by atoms with Crippen LogP contribution in [0.3, 0.4) is 0 Å². The van der Waals surface area contributed by atoms with Crippen molar-refractivity contribution in [2.24, 2.45) is 0 Å². The summed E-state index contributed by atoms with van der Waals surface area (Å²) < 4.78 is 15.4. The molecule has 0 bridgehead atoms. The number of ether oxygens (including phenoxy) is 3. The van der Waals surface area contributed by atoms with Gasteiger partial charge in [0.15, 0.2) is 23.1 Å². The maximum Gasteiger partial charge on any atom is 0.313 e. The van der Waals surface area contributed by atoms with Crippen LogP contribution in [-0.4, -0.2) is 54.2 Å². The fraction of sp³-hybridized carbons (Fsp3) is 0.692. The zero-order valence-electron chi connectivity index (χ0n) is 11.5. The van der Waals surface area contributed by atoms with Gasteiger partial charge in [-0.15, -0.1) is 0 Å². The Hall–Kier alpha value is -0.668. The summed E-state index contributed by atoms with van der Waals surface area (Å²) in [6, 6.07) is 0. The average Bonchev–Trinajstić information content (AvgIpc) is 2.24. The third-order valence-electron chi connectivity index (χ3n) is 1.74. The second-order valence-corrected chi connectivity index (χ2v) is 4.32. The molecule has 0 fully saturated rings. The Morgan fingerprint density at radius 1 is 1.11 bits per heavy atom. The van der Waals surface area contributed by atoms with Gasteiger partial charge in [-0.05, 0) is 27.7 Å². The van der Waals surface area contributed by atoms with E-state index in [0.29, 0.717) is 0 Å². The van der Waals surface area contributed by atoms with Gasteiger partial charge >= 0.3 is 5.97 Å². The van der Waals surface area contributed by atoms with Gasteiger partial charge in [0.25, 0.3) is 0 Å². The van der Waals surface area contributed by atoms with Crippen LogP contribution in [-0.2, 0) is 23.8 Å². The number of carbonyl (C=O) groups excluding carboxylic acids is 2. The zero-order valence-corrected chi connectivity index (χ0v) is 11.5. The maximum atomic E-state index is 11.8. The number of Topliss-reactive ketones (excluding diaryl/α,β-unsaturated/α-hetero) is 1. The van der Waals surface area contributed by atoms with E-state index in [0.717, 1.165) is 0 Å². The van der Waals surface area contributed by atoms with Crippen molar-refractivity contribution in [1.29, 1.82) is 0 Å². The van der Waals surface area contributed by atoms with Gasteiger partial charge in [0.05, 0.1) is 12.2 Å². The third kappa shape index (κ3) is 10.9. The summed E-state index contributed by atoms with van der Waals surface area (Å²) in [7, 11) is 0. The third-order valence-corrected chi connectivity index (χ3v) is 1.74. The van der Waals surface area contributed by atoms with E-state index < -0.39 is 18.0 Å². The molecule has 0 radical (unpaired) electrons. The first-order chi connectivity index (χ1) is 8.36. The number of ketones is 1. The highest BCUT2D eigenvalue weighted by molar-refractivity contribution is 5.97. The first-order valence-corrected chi connectivity index (χ1v) is 5.97. The summed E-state index contributed by atoms with van der Waals surface area (Å²) in [4.78, 5) is 23.1. The van der Waals surface area contributed by atoms with Crippen molar-refractivity contribution in [3.05, 3.63) is 12.7 Å². The summed E-state index contributed by atoms with van der Waals surface area (Å²) in [6.45, 7) is 10.7. The molecule has 0 spiro atoms. The Labute approximate surface area is 125 Å². The van der Waals surface area contributed by atoms with Gasteiger partial charge in [-0.2, -0.15) is 0 Å². The van der Waals surface area contributed by atoms with Crippen LogP contribution in [0.15, 0.2) is 12.7 Å². The molecule has 110 valence electrons. The van der Waals surface area contributed by atoms with Crippen molar-refractivity contribution in [2.75, 3.05) is 6.61 Å². The van der Waals surface area contributed by atoms with E-state index in [9.17, 15) is 9.59 Å². The molecular formula is C13H25AlO5. The molecule has 0 unspecified atom stereocenters. The second-order valence-electron chi connectivity index (χ2n) is 4.32. The molecule has 0 N–H and O–H groups in total. The minimum absolute atomic E-state index is 0. The maximum absolute atomic E-state index is 11.8. The van der Waals surface area contributed by atoms with E-state index in [-0.39, 0.29) is 42.6 Å². The van der Waals surface area contributed by atoms with Crippen LogP contribution in [0.2, 0.25) is 0 Å². The van der Waals surface area contributed by atoms with Gasteiger partial charge in [0.2, 0.25) is 6.29 Å². The Kier molecular flexibility index (Phi) is 12.2. The lowest BCUT2D eigenvalue weighted by atomic mass is 10.2. The molecule has 0 atom stereocenters. The Bertz CT molecular complexity index is 279. The molecule has 0 aliphatic rings. The quantitative estimate of drug-likeness (QED) is 0.205. The summed E-state index contributed by atoms with van der Waals surface area (Å²) >= 11 is 0. The lowest BCUT2D eigenvalue weighted by Crippen LogP contribution is -2.34. The molecule has 0 aliphatic heterocycles. The van der Waals surface area contributed by atoms with E-state index in [2.05, 4.69) is 6.58 Å². The summed E-state index contributed by atoms with van der Waals surface area (Å²) in [5.74, 6) is -1.05. The fourth-order valence-electron chi connectivity index (χ4n) is 1.11. The lowest BCUT2D eigenvalue weighted by Gasteiger charge is -2.21. The van der Waals surface area contributed by atoms with Gasteiger partial charge < -0.3 is 14.2 Å². The SMILES string of the molecule is C=CCOC(=O)CC(=O)C(OC(C)C)OC(C)C.[AlH3]. The molecule has 0 aliphatic carbocycles. The van der Waals surface area contributed by atoms with Crippen molar-refractivity contribution in [3.8, 4) is 0 Å². The van der Waals surface area contributed by atoms with Gasteiger partial charge in [0, 0.05) is 0 Å². The van der Waals surface area contributed by atoms with Crippen molar-refractivity contribution < 1.29 is 23.8 Å². The van der Waals surface area contributed by atoms with E-state index in [1.165, 1.54) is 6.08 Å². The molecule has 0 amide bonds. The highest BCUT2D eigenvalue weighted by Gasteiger charge is 2.25. The number of hydrogen-bond acceptors (Lipinski definition) is 5. The minimum atomic E-state index is -1.03. The molecule has 0 aromatic carbocycles. The molecule has 0 saturated carbocycles. The Balaban J connectivity index is 0. The summed E-state index contributed by atoms with van der Waals surface area (Å²) in [6.07, 6.45) is -0.280. The van der Waals surface area contributed by atoms with E-state index in [1.807, 2.05) is 0 Å². The van der Waals surface area contributed by atoms with Crippen LogP contribution in [0.5, 0.6) is 0 Å². The highest BCUT2D eigenvalue weighted by atomic mass is 27.0. The lowest BCUT2D eigenvalue weighted by molar-refractivity contribution is -0.191. The number of hydrogen-bond donors (Lipinski definition) is 0. The normalized spacial score (nSPS) is 10.5. The Morgan fingerprint density at radius 3 is 1.95 bits per heavy atom. The van der Waals surface area contributed by atoms with Crippen molar-refractivity contribution in [2.45, 2.75) is 52.6 Å². The molecule has 0 aromatic rings. The van der Waals surface area contributed by atoms with Crippen LogP contribution in [0.1, 0.15) is 34.1 Å². The Morgan fingerprint density at radius 2 is 1.58 bits per heavy atom. The molecule has 0 heterocycles. The predicted octanol–water partition coefficient (Wildman–Crippen LogP) is 0.667. The fourth-order valence-corrected chi connectivity index (χ4v) is 1.11. The zero-order chi connectivity index (χ0) is 14.1. The van der Waals surface area contributed by atoms with Gasteiger partial charge in [0.1, 0.15) is 13.0 Å². The van der Waals surface area contributed by atoms with Crippen LogP contribution in [0, 0.1) is 0 Å². The molecule has 6 heteroatoms. The van der Waals surface area contributed by atoms with E-state index in [4.69, 9.17) is 14.2 Å². The number of rotatable bonds is 9. The monoisotopic (exact) mass is 288 g/mol. The molecular weight excluding hydrogens is 263 g/mol. The molecule has 0 rings (SSSR count). The summed E-state index contributed by atoms with van der Waals surface area (Å²) in [5.41, 5.74) is 0. The standard InChI is InChI=1S/C13H22O5.Al.3H/c1-6-7-16-12(15)8-11(14)13(17-9(2)3)18-10(4)5;;;;/h6,9-10,13H,1,7-8H2,2-5H3;;;;. The first-order valence-electron chi connectivity index (χ1n) is 5.97. The average molecular weight is 288 g/mol. The molecule has 0 aromatic heterocycles. The minimum Gasteiger partial charge on any atom is -0.461 e. The largest absolute Gasteiger partial charge is 0.461 e. The van der Waals surface area contributed by atoms with Crippen LogP contribution in [0.25, 0.3) is 0 Å². The van der Waals surface area contributed by atoms with E-state index in [1.54, 1.807) is 27.7 Å². The molecule has 0 saturated heterocycles. The summed E-state index contributed by atoms with van der Waals surface area (Å²) in [5, 5.41) is 0. The predicted molar refractivity (Wildman–Crippen MR) is 76.9 cm³/mol. The van der Waals surface area contributed by atoms with Crippen molar-refractivity contribution >= 4 is 29.1 Å². The highest BCUT2D eigenvalue weighted by Crippen LogP contribution is 2.08. The topological polar surface area (TPSA) is 61.8 Å². The van der Waals surface area contributed by atoms with Crippen LogP contribution in [0.4, 0.5) is 0 Å². The van der Waals surface area contributed by atoms with E-state index >= 15 is 0 Å². The first kappa shape index (κ1) is 20.6. The van der Waals surface area contributed by atoms with Gasteiger partial charge in [-0.3, -0.25) is 9.59 Å².